The molecule has 0 aliphatic heterocycles. The molecule has 20 heavy (non-hydrogen) atoms. The highest BCUT2D eigenvalue weighted by atomic mass is 19.2. The van der Waals surface area contributed by atoms with Gasteiger partial charge in [0.2, 0.25) is 0 Å². The minimum Gasteiger partial charge on any atom is -0.370 e. The number of hydrogen-bond acceptors (Lipinski definition) is 2. The maximum Gasteiger partial charge on any atom is 0.197 e. The van der Waals surface area contributed by atoms with Crippen molar-refractivity contribution in [2.45, 2.75) is 38.2 Å². The number of ether oxygens (including phenoxy) is 1. The van der Waals surface area contributed by atoms with Crippen molar-refractivity contribution in [3.63, 3.8) is 0 Å². The van der Waals surface area contributed by atoms with E-state index < -0.39 is 34.4 Å². The van der Waals surface area contributed by atoms with E-state index in [0.717, 1.165) is 25.0 Å². The summed E-state index contributed by atoms with van der Waals surface area (Å²) < 4.78 is 45.3. The van der Waals surface area contributed by atoms with Crippen LogP contribution in [0.1, 0.15) is 43.0 Å². The summed E-state index contributed by atoms with van der Waals surface area (Å²) in [7, 11) is 1.39. The predicted molar refractivity (Wildman–Crippen MR) is 68.0 cm³/mol. The van der Waals surface area contributed by atoms with Crippen LogP contribution in [-0.4, -0.2) is 18.5 Å². The van der Waals surface area contributed by atoms with Crippen molar-refractivity contribution in [3.05, 3.63) is 35.1 Å². The Morgan fingerprint density at radius 3 is 2.35 bits per heavy atom. The van der Waals surface area contributed by atoms with Crippen molar-refractivity contribution in [1.29, 1.82) is 0 Å². The van der Waals surface area contributed by atoms with Crippen LogP contribution in [-0.2, 0) is 4.74 Å². The Morgan fingerprint density at radius 2 is 1.80 bits per heavy atom. The van der Waals surface area contributed by atoms with E-state index in [9.17, 15) is 18.0 Å². The Hall–Kier alpha value is -1.36. The molecule has 5 heteroatoms. The molecule has 0 N–H and O–H groups in total. The molecule has 1 saturated carbocycles. The maximum absolute atomic E-state index is 13.8. The van der Waals surface area contributed by atoms with Crippen LogP contribution in [0.4, 0.5) is 13.2 Å². The van der Waals surface area contributed by atoms with E-state index in [0.29, 0.717) is 18.8 Å². The molecule has 2 rings (SSSR count). The van der Waals surface area contributed by atoms with Crippen molar-refractivity contribution in [1.82, 2.24) is 0 Å². The molecule has 0 amide bonds. The van der Waals surface area contributed by atoms with Crippen molar-refractivity contribution in [2.24, 2.45) is 5.92 Å². The second-order valence-corrected chi connectivity index (χ2v) is 5.43. The highest BCUT2D eigenvalue weighted by Gasteiger charge is 2.43. The van der Waals surface area contributed by atoms with E-state index in [1.807, 2.05) is 0 Å². The average Bonchev–Trinajstić information content (AvgIpc) is 2.46. The van der Waals surface area contributed by atoms with Gasteiger partial charge in [0.15, 0.2) is 23.2 Å². The van der Waals surface area contributed by atoms with E-state index >= 15 is 0 Å². The normalized spacial score (nSPS) is 26.6. The van der Waals surface area contributed by atoms with Gasteiger partial charge in [-0.1, -0.05) is 6.92 Å². The number of benzene rings is 1. The quantitative estimate of drug-likeness (QED) is 0.622. The molecular weight excluding hydrogens is 269 g/mol. The molecule has 1 aliphatic rings. The van der Waals surface area contributed by atoms with Crippen LogP contribution in [0, 0.1) is 23.4 Å². The molecule has 0 spiro atoms. The Morgan fingerprint density at radius 1 is 1.20 bits per heavy atom. The molecule has 110 valence electrons. The van der Waals surface area contributed by atoms with E-state index in [-0.39, 0.29) is 0 Å². The number of carbonyl (C=O) groups is 1. The number of methoxy groups -OCH3 is 1. The zero-order valence-corrected chi connectivity index (χ0v) is 11.5. The van der Waals surface area contributed by atoms with Gasteiger partial charge in [0, 0.05) is 7.11 Å². The first-order valence-corrected chi connectivity index (χ1v) is 6.65. The van der Waals surface area contributed by atoms with Crippen molar-refractivity contribution < 1.29 is 22.7 Å². The monoisotopic (exact) mass is 286 g/mol. The van der Waals surface area contributed by atoms with Gasteiger partial charge in [0.25, 0.3) is 0 Å². The number of rotatable bonds is 3. The first-order chi connectivity index (χ1) is 9.41. The van der Waals surface area contributed by atoms with Crippen molar-refractivity contribution >= 4 is 5.78 Å². The topological polar surface area (TPSA) is 26.3 Å². The van der Waals surface area contributed by atoms with E-state index in [1.54, 1.807) is 0 Å². The molecule has 0 saturated heterocycles. The fraction of sp³-hybridized carbons (Fsp3) is 0.533. The van der Waals surface area contributed by atoms with Crippen molar-refractivity contribution in [3.8, 4) is 0 Å². The summed E-state index contributed by atoms with van der Waals surface area (Å²) >= 11 is 0. The lowest BCUT2D eigenvalue weighted by Gasteiger charge is -2.37. The molecule has 0 bridgehead atoms. The minimum atomic E-state index is -1.62. The Bertz CT molecular complexity index is 520. The summed E-state index contributed by atoms with van der Waals surface area (Å²) in [6.45, 7) is 2.07. The standard InChI is InChI=1S/C15H17F3O2/c1-9-5-7-15(20-2,8-6-9)14(19)10-3-4-11(16)13(18)12(10)17/h3-4,9H,5-8H2,1-2H3. The van der Waals surface area contributed by atoms with Crippen LogP contribution in [0.3, 0.4) is 0 Å². The largest absolute Gasteiger partial charge is 0.370 e. The number of Topliss-reactive ketones (excluding diaryl/α,β-unsaturated/α-hetero) is 1. The summed E-state index contributed by atoms with van der Waals surface area (Å²) in [6, 6.07) is 1.75. The Kier molecular flexibility index (Phi) is 4.18. The van der Waals surface area contributed by atoms with Crippen LogP contribution >= 0.6 is 0 Å². The fourth-order valence-electron chi connectivity index (χ4n) is 2.70. The van der Waals surface area contributed by atoms with Gasteiger partial charge in [-0.25, -0.2) is 13.2 Å². The van der Waals surface area contributed by atoms with E-state index in [4.69, 9.17) is 4.74 Å². The van der Waals surface area contributed by atoms with Crippen LogP contribution in [0.25, 0.3) is 0 Å². The van der Waals surface area contributed by atoms with Crippen LogP contribution in [0.2, 0.25) is 0 Å². The smallest absolute Gasteiger partial charge is 0.197 e. The van der Waals surface area contributed by atoms with Gasteiger partial charge in [-0.15, -0.1) is 0 Å². The molecular formula is C15H17F3O2. The number of halogens is 3. The average molecular weight is 286 g/mol. The highest BCUT2D eigenvalue weighted by molar-refractivity contribution is 6.02. The second-order valence-electron chi connectivity index (χ2n) is 5.43. The second kappa shape index (κ2) is 5.56. The summed E-state index contributed by atoms with van der Waals surface area (Å²) in [4.78, 5) is 12.5. The lowest BCUT2D eigenvalue weighted by molar-refractivity contribution is -0.0266. The summed E-state index contributed by atoms with van der Waals surface area (Å²) in [5.74, 6) is -4.50. The zero-order chi connectivity index (χ0) is 14.9. The van der Waals surface area contributed by atoms with Crippen LogP contribution in [0.5, 0.6) is 0 Å². The zero-order valence-electron chi connectivity index (χ0n) is 11.5. The van der Waals surface area contributed by atoms with Gasteiger partial charge in [-0.05, 0) is 43.7 Å². The maximum atomic E-state index is 13.8. The summed E-state index contributed by atoms with van der Waals surface area (Å²) in [5.41, 5.74) is -1.57. The lowest BCUT2D eigenvalue weighted by Crippen LogP contribution is -2.44. The molecule has 0 heterocycles. The third-order valence-corrected chi connectivity index (χ3v) is 4.17. The number of hydrogen-bond donors (Lipinski definition) is 0. The third-order valence-electron chi connectivity index (χ3n) is 4.17. The first-order valence-electron chi connectivity index (χ1n) is 6.65. The van der Waals surface area contributed by atoms with Gasteiger partial charge in [-0.3, -0.25) is 4.79 Å². The Labute approximate surface area is 115 Å². The Balaban J connectivity index is 2.37. The van der Waals surface area contributed by atoms with Gasteiger partial charge >= 0.3 is 0 Å². The summed E-state index contributed by atoms with van der Waals surface area (Å²) in [6.07, 6.45) is 2.49. The van der Waals surface area contributed by atoms with Gasteiger partial charge in [0.1, 0.15) is 5.60 Å². The predicted octanol–water partition coefficient (Wildman–Crippen LogP) is 3.88. The van der Waals surface area contributed by atoms with Crippen LogP contribution in [0.15, 0.2) is 12.1 Å². The SMILES string of the molecule is COC1(C(=O)c2ccc(F)c(F)c2F)CCC(C)CC1. The lowest BCUT2D eigenvalue weighted by atomic mass is 9.75. The molecule has 1 fully saturated rings. The molecule has 0 aromatic heterocycles. The number of ketones is 1. The molecule has 1 aromatic carbocycles. The molecule has 0 radical (unpaired) electrons. The fourth-order valence-corrected chi connectivity index (χ4v) is 2.70. The molecule has 1 aliphatic carbocycles. The van der Waals surface area contributed by atoms with Crippen LogP contribution < -0.4 is 0 Å². The minimum absolute atomic E-state index is 0.444. The molecule has 0 unspecified atom stereocenters. The number of carbonyl (C=O) groups excluding carboxylic acids is 1. The van der Waals surface area contributed by atoms with Gasteiger partial charge in [0.05, 0.1) is 5.56 Å². The third kappa shape index (κ3) is 2.46. The van der Waals surface area contributed by atoms with Gasteiger partial charge < -0.3 is 4.74 Å². The first kappa shape index (κ1) is 15.0. The van der Waals surface area contributed by atoms with E-state index in [1.165, 1.54) is 7.11 Å². The summed E-state index contributed by atoms with van der Waals surface area (Å²) in [5, 5.41) is 0. The highest BCUT2D eigenvalue weighted by Crippen LogP contribution is 2.37. The molecule has 1 aromatic rings. The van der Waals surface area contributed by atoms with Gasteiger partial charge in [-0.2, -0.15) is 0 Å². The molecule has 0 atom stereocenters. The van der Waals surface area contributed by atoms with E-state index in [2.05, 4.69) is 6.92 Å². The van der Waals surface area contributed by atoms with Crippen molar-refractivity contribution in [2.75, 3.05) is 7.11 Å². The molecule has 2 nitrogen and oxygen atoms in total.